The van der Waals surface area contributed by atoms with Gasteiger partial charge < -0.3 is 77.6 Å². The number of rotatable bonds is 22. The van der Waals surface area contributed by atoms with Crippen molar-refractivity contribution in [2.24, 2.45) is 36.6 Å². The summed E-state index contributed by atoms with van der Waals surface area (Å²) in [5.41, 5.74) is 8.14. The standard InChI is InChI=1S/C15H22N6O2.C15H23N3O4.C14H20N6O2.C14H22N4O3.C14H21N3O4/c1-16-10-5-9(6-12(22)23)3-4-11(10)21-8-20-13-14(17-2)18-7-19-15(13)21;1-9-8-18(15(22)17(3)14(9)21)12-5-4-10(7-13(19)20)6-11(12)16-2;1-16-9-4-8(5-11(21)22)2-3-10(9)20-7-19-12-13(15)17-6-18-14(12)20;1-15-10-7-9(8-13(19)20)3-4-11(10)18-6-5-12(16-2)17-14(18)21;1-8-7-17(14(21)16-13(8)20)11-4-3-9(6-12(18)19)5-10(11)15-2/h7-11,16H,3-6H2,1-2H3,(H,22,23)(H,17,18,19);8,10-12,16H,4-7H2,1-3H3,(H,19,20);6-10,16H,2-5H2,1H3,(H,21,22)(H2,15,17,18);5-6,9-11,15H,3-4,7-8H2,1-2H3,(H,19,20)(H,16,17,21);7,9-11,15H,3-6H2,1-2H3,(H,18,19)(H,16,20,21)/t9-,10+,11-;10-,11+,12-;8-,9+,10-;2*9-,10+,11-/m11111/s1. The van der Waals surface area contributed by atoms with Crippen LogP contribution in [0.15, 0.2) is 73.9 Å². The highest BCUT2D eigenvalue weighted by Gasteiger charge is 2.38. The molecule has 5 aliphatic carbocycles. The third-order valence-corrected chi connectivity index (χ3v) is 22.3. The Morgan fingerprint density at radius 3 is 1.22 bits per heavy atom. The molecule has 15 atom stereocenters. The minimum absolute atomic E-state index is 0.0194. The van der Waals surface area contributed by atoms with Crippen LogP contribution in [0.2, 0.25) is 0 Å². The van der Waals surface area contributed by atoms with Gasteiger partial charge >= 0.3 is 46.9 Å². The van der Waals surface area contributed by atoms with Gasteiger partial charge in [-0.1, -0.05) is 0 Å². The second-order valence-corrected chi connectivity index (χ2v) is 29.2. The first kappa shape index (κ1) is 84.5. The SMILES string of the molecule is CN[C@H]1C[C@H](CC(=O)O)CC[C@H]1n1cc(C)c(=O)[nH]c1=O.CN[C@H]1C[C@H](CC(=O)O)CC[C@H]1n1cc(C)c(=O)n(C)c1=O.CN[C@H]1C[C@H](CC(=O)O)CC[C@H]1n1cnc2c(N)ncnc21.CNc1ccn([C@@H]2CC[C@@H](CC(=O)O)C[C@@H]2NC)c(=O)n1.CNc1ncnc2c1ncn2[C@@H]1CC[C@@H](CC(=O)O)C[C@@H]1NC. The van der Waals surface area contributed by atoms with E-state index in [-0.39, 0.29) is 145 Å². The van der Waals surface area contributed by atoms with Gasteiger partial charge in [-0.25, -0.2) is 44.3 Å². The van der Waals surface area contributed by atoms with Gasteiger partial charge in [-0.05, 0) is 181 Å². The van der Waals surface area contributed by atoms with E-state index >= 15 is 0 Å². The maximum absolute atomic E-state index is 12.4. The number of hydrogen-bond acceptors (Lipinski definition) is 25. The van der Waals surface area contributed by atoms with Gasteiger partial charge in [0.25, 0.3) is 11.1 Å². The van der Waals surface area contributed by atoms with Gasteiger partial charge in [0.2, 0.25) is 0 Å². The van der Waals surface area contributed by atoms with E-state index < -0.39 is 35.5 Å². The lowest BCUT2D eigenvalue weighted by Gasteiger charge is -2.36. The van der Waals surface area contributed by atoms with Crippen molar-refractivity contribution in [3.8, 4) is 0 Å². The summed E-state index contributed by atoms with van der Waals surface area (Å²) in [6, 6.07) is 2.59. The van der Waals surface area contributed by atoms with Crippen molar-refractivity contribution in [3.63, 3.8) is 0 Å². The van der Waals surface area contributed by atoms with Crippen molar-refractivity contribution in [2.75, 3.05) is 65.7 Å². The molecule has 7 aromatic rings. The number of nitrogens with one attached hydrogen (secondary N) is 8. The van der Waals surface area contributed by atoms with Crippen molar-refractivity contribution in [1.82, 2.24) is 93.9 Å². The summed E-state index contributed by atoms with van der Waals surface area (Å²) in [7, 11) is 14.3. The number of carbonyl (C=O) groups is 5. The molecule has 5 saturated carbocycles. The molecule has 5 fully saturated rings. The number of aryl methyl sites for hydroxylation is 2. The van der Waals surface area contributed by atoms with Crippen LogP contribution >= 0.6 is 0 Å². The van der Waals surface area contributed by atoms with E-state index in [9.17, 15) is 47.9 Å². The van der Waals surface area contributed by atoms with Gasteiger partial charge in [-0.15, -0.1) is 0 Å². The van der Waals surface area contributed by atoms with Crippen molar-refractivity contribution >= 4 is 69.6 Å². The lowest BCUT2D eigenvalue weighted by atomic mass is 9.80. The van der Waals surface area contributed by atoms with Crippen LogP contribution in [0.1, 0.15) is 170 Å². The number of hydrogen-bond donors (Lipinski definition) is 14. The van der Waals surface area contributed by atoms with Crippen LogP contribution in [0.25, 0.3) is 22.3 Å². The summed E-state index contributed by atoms with van der Waals surface area (Å²) in [5.74, 6) is -1.30. The predicted molar refractivity (Wildman–Crippen MR) is 407 cm³/mol. The number of nitrogens with two attached hydrogens (primary N) is 1. The van der Waals surface area contributed by atoms with E-state index in [0.717, 1.165) is 105 Å². The van der Waals surface area contributed by atoms with Crippen LogP contribution in [-0.2, 0) is 31.0 Å². The van der Waals surface area contributed by atoms with Gasteiger partial charge in [0.05, 0.1) is 42.9 Å². The fourth-order valence-corrected chi connectivity index (χ4v) is 16.7. The summed E-state index contributed by atoms with van der Waals surface area (Å²) >= 11 is 0. The average Bonchev–Trinajstić information content (AvgIpc) is 1.66. The van der Waals surface area contributed by atoms with E-state index in [1.165, 1.54) is 19.7 Å². The van der Waals surface area contributed by atoms with Crippen molar-refractivity contribution in [3.05, 3.63) is 113 Å². The van der Waals surface area contributed by atoms with Gasteiger partial charge in [0, 0.05) is 113 Å². The molecule has 0 bridgehead atoms. The first-order valence-electron chi connectivity index (χ1n) is 37.2. The van der Waals surface area contributed by atoms with Crippen LogP contribution in [0, 0.1) is 43.4 Å². The zero-order chi connectivity index (χ0) is 79.5. The number of carboxylic acid groups (broad SMARTS) is 5. The molecule has 12 rings (SSSR count). The lowest BCUT2D eigenvalue weighted by Crippen LogP contribution is -2.47. The summed E-state index contributed by atoms with van der Waals surface area (Å²) in [4.78, 5) is 146. The topological polar surface area (TPSA) is 518 Å². The van der Waals surface area contributed by atoms with E-state index in [1.54, 1.807) is 65.6 Å². The second-order valence-electron chi connectivity index (χ2n) is 29.2. The molecule has 0 unspecified atom stereocenters. The molecule has 37 heteroatoms. The van der Waals surface area contributed by atoms with Gasteiger partial charge in [0.15, 0.2) is 22.9 Å². The number of carboxylic acids is 5. The van der Waals surface area contributed by atoms with Crippen LogP contribution in [0.5, 0.6) is 0 Å². The quantitative estimate of drug-likeness (QED) is 0.0463. The van der Waals surface area contributed by atoms with E-state index in [4.69, 9.17) is 31.3 Å². The van der Waals surface area contributed by atoms with Crippen LogP contribution < -0.4 is 71.1 Å². The van der Waals surface area contributed by atoms with E-state index in [2.05, 4.69) is 81.7 Å². The molecule has 5 aliphatic rings. The molecule has 0 saturated heterocycles. The summed E-state index contributed by atoms with van der Waals surface area (Å²) in [6.07, 6.45) is 24.5. The molecule has 0 spiro atoms. The zero-order valence-corrected chi connectivity index (χ0v) is 63.6. The summed E-state index contributed by atoms with van der Waals surface area (Å²) < 4.78 is 10.1. The number of anilines is 3. The number of H-pyrrole nitrogens is 1. The number of nitrogen functional groups attached to an aromatic ring is 1. The Morgan fingerprint density at radius 1 is 0.468 bits per heavy atom. The molecule has 15 N–H and O–H groups in total. The van der Waals surface area contributed by atoms with Crippen molar-refractivity contribution in [2.45, 2.75) is 203 Å². The Morgan fingerprint density at radius 2 is 0.835 bits per heavy atom. The monoisotopic (exact) mass is 1520 g/mol. The molecular weight excluding hydrogens is 1410 g/mol. The third kappa shape index (κ3) is 21.7. The van der Waals surface area contributed by atoms with E-state index in [1.807, 2.05) is 53.2 Å². The molecule has 0 amide bonds. The molecular formula is C72H108N22O15. The Balaban J connectivity index is 0.000000172. The molecule has 37 nitrogen and oxygen atoms in total. The third-order valence-electron chi connectivity index (χ3n) is 22.3. The van der Waals surface area contributed by atoms with E-state index in [0.29, 0.717) is 46.9 Å². The molecule has 596 valence electrons. The smallest absolute Gasteiger partial charge is 0.349 e. The molecule has 7 heterocycles. The first-order chi connectivity index (χ1) is 52.0. The molecule has 0 aromatic carbocycles. The van der Waals surface area contributed by atoms with Crippen LogP contribution in [0.4, 0.5) is 17.5 Å². The Hall–Kier alpha value is -10.1. The van der Waals surface area contributed by atoms with Gasteiger partial charge in [0.1, 0.15) is 29.5 Å². The molecule has 0 aliphatic heterocycles. The Labute approximate surface area is 628 Å². The average molecular weight is 1520 g/mol. The number of nitrogens with zero attached hydrogens (tertiary/aromatic N) is 13. The minimum atomic E-state index is -0.787. The predicted octanol–water partition coefficient (Wildman–Crippen LogP) is 3.28. The zero-order valence-electron chi connectivity index (χ0n) is 63.6. The first-order valence-corrected chi connectivity index (χ1v) is 37.2. The number of imidazole rings is 2. The highest BCUT2D eigenvalue weighted by molar-refractivity contribution is 5.83. The number of aliphatic carboxylic acids is 5. The van der Waals surface area contributed by atoms with Crippen molar-refractivity contribution < 1.29 is 49.5 Å². The minimum Gasteiger partial charge on any atom is -0.481 e. The number of likely N-dealkylation sites (N-methyl/N-ethyl adjacent to an activating group) is 5. The van der Waals surface area contributed by atoms with Crippen LogP contribution in [0.3, 0.4) is 0 Å². The summed E-state index contributed by atoms with van der Waals surface area (Å²) in [6.45, 7) is 3.36. The summed E-state index contributed by atoms with van der Waals surface area (Å²) in [5, 5.41) is 66.9. The molecule has 0 radical (unpaired) electrons. The fraction of sp³-hybridized carbons (Fsp3) is 0.625. The van der Waals surface area contributed by atoms with Crippen LogP contribution in [-0.4, -0.2) is 202 Å². The highest BCUT2D eigenvalue weighted by Crippen LogP contribution is 2.40. The van der Waals surface area contributed by atoms with Gasteiger partial charge in [-0.3, -0.25) is 56.8 Å². The van der Waals surface area contributed by atoms with Crippen molar-refractivity contribution in [1.29, 1.82) is 0 Å². The Bertz CT molecular complexity index is 4570. The number of fused-ring (bicyclic) bond motifs is 2. The largest absolute Gasteiger partial charge is 0.481 e. The Kier molecular flexibility index (Phi) is 30.5. The lowest BCUT2D eigenvalue weighted by molar-refractivity contribution is -0.139. The molecule has 7 aromatic heterocycles. The van der Waals surface area contributed by atoms with Gasteiger partial charge in [-0.2, -0.15) is 4.98 Å². The second kappa shape index (κ2) is 39.3. The maximum Gasteiger partial charge on any atom is 0.349 e. The highest BCUT2D eigenvalue weighted by atomic mass is 16.4. The molecule has 109 heavy (non-hydrogen) atoms. The number of aromatic amines is 1. The normalized spacial score (nSPS) is 25.3. The fourth-order valence-electron chi connectivity index (χ4n) is 16.7. The maximum atomic E-state index is 12.4. The number of aromatic nitrogens is 14.